The zero-order valence-corrected chi connectivity index (χ0v) is 11.2. The summed E-state index contributed by atoms with van der Waals surface area (Å²) in [7, 11) is 0. The minimum atomic E-state index is -0.958. The third-order valence-corrected chi connectivity index (χ3v) is 3.08. The van der Waals surface area contributed by atoms with E-state index in [2.05, 4.69) is 0 Å². The van der Waals surface area contributed by atoms with Crippen molar-refractivity contribution >= 4 is 11.9 Å². The monoisotopic (exact) mass is 279 g/mol. The van der Waals surface area contributed by atoms with Crippen molar-refractivity contribution in [3.63, 3.8) is 0 Å². The summed E-state index contributed by atoms with van der Waals surface area (Å²) in [6.45, 7) is 3.27. The van der Waals surface area contributed by atoms with Crippen LogP contribution in [0.4, 0.5) is 0 Å². The van der Waals surface area contributed by atoms with Crippen molar-refractivity contribution in [2.24, 2.45) is 0 Å². The zero-order valence-electron chi connectivity index (χ0n) is 11.2. The number of carboxylic acid groups (broad SMARTS) is 1. The molecular formula is C14H17NO5. The summed E-state index contributed by atoms with van der Waals surface area (Å²) in [5.41, 5.74) is 0.230. The summed E-state index contributed by atoms with van der Waals surface area (Å²) in [6.07, 6.45) is 0.742. The van der Waals surface area contributed by atoms with Gasteiger partial charge in [-0.3, -0.25) is 9.69 Å². The van der Waals surface area contributed by atoms with E-state index in [1.807, 2.05) is 4.90 Å². The number of rotatable bonds is 5. The molecule has 0 spiro atoms. The highest BCUT2D eigenvalue weighted by Crippen LogP contribution is 2.16. The number of carbonyl (C=O) groups excluding carboxylic acids is 1. The smallest absolute Gasteiger partial charge is 0.335 e. The predicted octanol–water partition coefficient (Wildman–Crippen LogP) is 1.36. The molecule has 0 unspecified atom stereocenters. The summed E-state index contributed by atoms with van der Waals surface area (Å²) in [6, 6.07) is 6.26. The van der Waals surface area contributed by atoms with Gasteiger partial charge in [0.05, 0.1) is 5.56 Å². The Kier molecular flexibility index (Phi) is 4.57. The number of hydrogen-bond donors (Lipinski definition) is 1. The van der Waals surface area contributed by atoms with E-state index in [9.17, 15) is 9.59 Å². The average Bonchev–Trinajstić information content (AvgIpc) is 2.83. The first-order valence-electron chi connectivity index (χ1n) is 6.40. The lowest BCUT2D eigenvalue weighted by molar-refractivity contribution is -0.145. The number of benzene rings is 1. The molecule has 1 aliphatic rings. The van der Waals surface area contributed by atoms with E-state index < -0.39 is 5.97 Å². The molecule has 0 aliphatic carbocycles. The molecule has 0 radical (unpaired) electrons. The number of aromatic carboxylic acids is 1. The fourth-order valence-corrected chi connectivity index (χ4v) is 2.10. The molecule has 2 rings (SSSR count). The van der Waals surface area contributed by atoms with E-state index in [1.54, 1.807) is 12.1 Å². The normalized spacial score (nSPS) is 18.8. The van der Waals surface area contributed by atoms with E-state index in [0.29, 0.717) is 19.0 Å². The van der Waals surface area contributed by atoms with Crippen LogP contribution in [-0.2, 0) is 9.53 Å². The van der Waals surface area contributed by atoms with Gasteiger partial charge in [-0.2, -0.15) is 0 Å². The van der Waals surface area contributed by atoms with Crippen LogP contribution in [0.25, 0.3) is 0 Å². The van der Waals surface area contributed by atoms with Gasteiger partial charge in [-0.15, -0.1) is 0 Å². The highest BCUT2D eigenvalue weighted by atomic mass is 16.5. The molecule has 0 bridgehead atoms. The average molecular weight is 279 g/mol. The predicted molar refractivity (Wildman–Crippen MR) is 70.6 cm³/mol. The van der Waals surface area contributed by atoms with E-state index >= 15 is 0 Å². The largest absolute Gasteiger partial charge is 0.478 e. The fourth-order valence-electron chi connectivity index (χ4n) is 2.10. The second kappa shape index (κ2) is 6.38. The molecule has 0 aromatic heterocycles. The van der Waals surface area contributed by atoms with Crippen LogP contribution in [-0.4, -0.2) is 47.9 Å². The fraction of sp³-hybridized carbons (Fsp3) is 0.429. The first-order valence-corrected chi connectivity index (χ1v) is 6.40. The summed E-state index contributed by atoms with van der Waals surface area (Å²) in [5.74, 6) is -0.603. The standard InChI is InChI=1S/C14H17NO5/c1-10(16)20-13-6-7-15(8-13)9-19-12-4-2-11(3-5-12)14(17)18/h2-5,13H,6-9H2,1H3,(H,17,18)/t13-/m0/s1. The minimum absolute atomic E-state index is 0.0644. The van der Waals surface area contributed by atoms with Gasteiger partial charge in [0.2, 0.25) is 0 Å². The van der Waals surface area contributed by atoms with Crippen molar-refractivity contribution < 1.29 is 24.2 Å². The van der Waals surface area contributed by atoms with Crippen molar-refractivity contribution in [2.45, 2.75) is 19.4 Å². The molecule has 1 aromatic rings. The van der Waals surface area contributed by atoms with Crippen molar-refractivity contribution in [3.05, 3.63) is 29.8 Å². The van der Waals surface area contributed by atoms with Gasteiger partial charge >= 0.3 is 11.9 Å². The molecule has 6 heteroatoms. The number of carbonyl (C=O) groups is 2. The third kappa shape index (κ3) is 3.96. The number of nitrogens with zero attached hydrogens (tertiary/aromatic N) is 1. The molecule has 1 N–H and O–H groups in total. The molecule has 1 saturated heterocycles. The Morgan fingerprint density at radius 3 is 2.65 bits per heavy atom. The topological polar surface area (TPSA) is 76.1 Å². The van der Waals surface area contributed by atoms with Crippen LogP contribution < -0.4 is 4.74 Å². The minimum Gasteiger partial charge on any atom is -0.478 e. The quantitative estimate of drug-likeness (QED) is 0.820. The Balaban J connectivity index is 1.78. The van der Waals surface area contributed by atoms with Crippen molar-refractivity contribution in [1.29, 1.82) is 0 Å². The molecule has 0 amide bonds. The van der Waals surface area contributed by atoms with Gasteiger partial charge in [-0.25, -0.2) is 4.79 Å². The van der Waals surface area contributed by atoms with Crippen LogP contribution in [0.1, 0.15) is 23.7 Å². The van der Waals surface area contributed by atoms with Gasteiger partial charge in [-0.05, 0) is 30.7 Å². The van der Waals surface area contributed by atoms with Crippen molar-refractivity contribution in [2.75, 3.05) is 19.8 Å². The second-order valence-electron chi connectivity index (χ2n) is 4.70. The summed E-state index contributed by atoms with van der Waals surface area (Å²) < 4.78 is 10.7. The van der Waals surface area contributed by atoms with Gasteiger partial charge in [-0.1, -0.05) is 0 Å². The zero-order chi connectivity index (χ0) is 14.5. The maximum absolute atomic E-state index is 10.9. The molecule has 0 saturated carbocycles. The lowest BCUT2D eigenvalue weighted by Crippen LogP contribution is -2.28. The maximum Gasteiger partial charge on any atom is 0.335 e. The van der Waals surface area contributed by atoms with Crippen molar-refractivity contribution in [3.8, 4) is 5.75 Å². The van der Waals surface area contributed by atoms with Gasteiger partial charge in [0.25, 0.3) is 0 Å². The molecular weight excluding hydrogens is 262 g/mol. The van der Waals surface area contributed by atoms with Crippen LogP contribution in [0.15, 0.2) is 24.3 Å². The highest BCUT2D eigenvalue weighted by Gasteiger charge is 2.24. The van der Waals surface area contributed by atoms with Gasteiger partial charge < -0.3 is 14.6 Å². The molecule has 1 heterocycles. The number of esters is 1. The SMILES string of the molecule is CC(=O)O[C@H]1CCN(COc2ccc(C(=O)O)cc2)C1. The van der Waals surface area contributed by atoms with Gasteiger partial charge in [0.1, 0.15) is 18.6 Å². The summed E-state index contributed by atoms with van der Waals surface area (Å²) in [4.78, 5) is 23.6. The molecule has 6 nitrogen and oxygen atoms in total. The van der Waals surface area contributed by atoms with Gasteiger partial charge in [0.15, 0.2) is 0 Å². The summed E-state index contributed by atoms with van der Waals surface area (Å²) >= 11 is 0. The Hall–Kier alpha value is -2.08. The number of ether oxygens (including phenoxy) is 2. The Bertz CT molecular complexity index is 485. The van der Waals surface area contributed by atoms with Crippen LogP contribution in [0.3, 0.4) is 0 Å². The van der Waals surface area contributed by atoms with E-state index in [0.717, 1.165) is 13.0 Å². The lowest BCUT2D eigenvalue weighted by Gasteiger charge is -2.16. The van der Waals surface area contributed by atoms with Crippen LogP contribution in [0, 0.1) is 0 Å². The Labute approximate surface area is 116 Å². The van der Waals surface area contributed by atoms with Crippen LogP contribution >= 0.6 is 0 Å². The first-order chi connectivity index (χ1) is 9.54. The number of likely N-dealkylation sites (tertiary alicyclic amines) is 1. The van der Waals surface area contributed by atoms with E-state index in [-0.39, 0.29) is 17.6 Å². The van der Waals surface area contributed by atoms with Crippen molar-refractivity contribution in [1.82, 2.24) is 4.90 Å². The Morgan fingerprint density at radius 2 is 2.05 bits per heavy atom. The van der Waals surface area contributed by atoms with Gasteiger partial charge in [0, 0.05) is 20.0 Å². The number of hydrogen-bond acceptors (Lipinski definition) is 5. The summed E-state index contributed by atoms with van der Waals surface area (Å²) in [5, 5.41) is 8.79. The maximum atomic E-state index is 10.9. The molecule has 1 atom stereocenters. The highest BCUT2D eigenvalue weighted by molar-refractivity contribution is 5.87. The molecule has 1 aromatic carbocycles. The Morgan fingerprint density at radius 1 is 1.35 bits per heavy atom. The molecule has 1 aliphatic heterocycles. The van der Waals surface area contributed by atoms with E-state index in [4.69, 9.17) is 14.6 Å². The first kappa shape index (κ1) is 14.3. The lowest BCUT2D eigenvalue weighted by atomic mass is 10.2. The third-order valence-electron chi connectivity index (χ3n) is 3.08. The van der Waals surface area contributed by atoms with E-state index in [1.165, 1.54) is 19.1 Å². The molecule has 20 heavy (non-hydrogen) atoms. The van der Waals surface area contributed by atoms with Crippen LogP contribution in [0.2, 0.25) is 0 Å². The molecule has 108 valence electrons. The second-order valence-corrected chi connectivity index (χ2v) is 4.70. The molecule has 1 fully saturated rings. The number of carboxylic acids is 1. The van der Waals surface area contributed by atoms with Crippen LogP contribution in [0.5, 0.6) is 5.75 Å².